The molecule has 3 N–H and O–H groups in total. The number of aliphatic carboxylic acids is 1. The number of methoxy groups -OCH3 is 1. The number of aromatic nitrogens is 1. The maximum absolute atomic E-state index is 12.5. The van der Waals surface area contributed by atoms with E-state index in [0.717, 1.165) is 6.07 Å². The normalized spacial score (nSPS) is 10.6. The van der Waals surface area contributed by atoms with Crippen molar-refractivity contribution in [2.75, 3.05) is 7.11 Å². The van der Waals surface area contributed by atoms with Crippen molar-refractivity contribution in [1.29, 1.82) is 0 Å². The highest BCUT2D eigenvalue weighted by Gasteiger charge is 2.19. The van der Waals surface area contributed by atoms with Crippen LogP contribution in [0.3, 0.4) is 0 Å². The summed E-state index contributed by atoms with van der Waals surface area (Å²) in [7, 11) is 1.24. The third kappa shape index (κ3) is 3.10. The van der Waals surface area contributed by atoms with E-state index in [4.69, 9.17) is 15.6 Å². The molecule has 0 spiro atoms. The first kappa shape index (κ1) is 13.3. The number of alkyl halides is 2. The highest BCUT2D eigenvalue weighted by Crippen LogP contribution is 2.26. The topological polar surface area (TPSA) is 85.4 Å². The van der Waals surface area contributed by atoms with E-state index in [2.05, 4.69) is 4.98 Å². The zero-order valence-corrected chi connectivity index (χ0v) is 9.11. The van der Waals surface area contributed by atoms with Crippen molar-refractivity contribution in [2.45, 2.75) is 19.4 Å². The maximum Gasteiger partial charge on any atom is 0.308 e. The van der Waals surface area contributed by atoms with E-state index in [0.29, 0.717) is 5.56 Å². The van der Waals surface area contributed by atoms with Crippen molar-refractivity contribution in [3.63, 3.8) is 0 Å². The van der Waals surface area contributed by atoms with E-state index in [-0.39, 0.29) is 24.4 Å². The quantitative estimate of drug-likeness (QED) is 0.812. The lowest BCUT2D eigenvalue weighted by atomic mass is 10.1. The van der Waals surface area contributed by atoms with Crippen molar-refractivity contribution in [3.05, 3.63) is 22.9 Å². The standard InChI is InChI=1S/C10H12F2N2O3/c1-17-10-6(3-8(15)16)5(4-13)2-7(14-10)9(11)12/h2,9H,3-4,13H2,1H3,(H,15,16). The summed E-state index contributed by atoms with van der Waals surface area (Å²) < 4.78 is 29.9. The van der Waals surface area contributed by atoms with Gasteiger partial charge in [-0.15, -0.1) is 0 Å². The van der Waals surface area contributed by atoms with Gasteiger partial charge in [-0.2, -0.15) is 0 Å². The fourth-order valence-electron chi connectivity index (χ4n) is 1.42. The maximum atomic E-state index is 12.5. The van der Waals surface area contributed by atoms with Crippen molar-refractivity contribution in [2.24, 2.45) is 5.73 Å². The summed E-state index contributed by atoms with van der Waals surface area (Å²) >= 11 is 0. The number of ether oxygens (including phenoxy) is 1. The van der Waals surface area contributed by atoms with E-state index in [1.54, 1.807) is 0 Å². The fourth-order valence-corrected chi connectivity index (χ4v) is 1.42. The summed E-state index contributed by atoms with van der Waals surface area (Å²) in [5.41, 5.74) is 5.45. The van der Waals surface area contributed by atoms with Crippen molar-refractivity contribution in [1.82, 2.24) is 4.98 Å². The molecule has 1 rings (SSSR count). The van der Waals surface area contributed by atoms with Crippen LogP contribution in [0.1, 0.15) is 23.2 Å². The first-order valence-corrected chi connectivity index (χ1v) is 4.76. The van der Waals surface area contributed by atoms with Crippen LogP contribution in [0.15, 0.2) is 6.07 Å². The van der Waals surface area contributed by atoms with Crippen LogP contribution in [0.25, 0.3) is 0 Å². The molecule has 0 fully saturated rings. The molecule has 0 bridgehead atoms. The van der Waals surface area contributed by atoms with Gasteiger partial charge in [-0.05, 0) is 11.6 Å². The van der Waals surface area contributed by atoms with Crippen LogP contribution in [-0.4, -0.2) is 23.2 Å². The smallest absolute Gasteiger partial charge is 0.308 e. The Labute approximate surface area is 96.2 Å². The van der Waals surface area contributed by atoms with Gasteiger partial charge in [0.15, 0.2) is 0 Å². The molecular weight excluding hydrogens is 234 g/mol. The second-order valence-electron chi connectivity index (χ2n) is 3.27. The van der Waals surface area contributed by atoms with E-state index >= 15 is 0 Å². The minimum absolute atomic E-state index is 0.0544. The monoisotopic (exact) mass is 246 g/mol. The highest BCUT2D eigenvalue weighted by atomic mass is 19.3. The number of carboxylic acid groups (broad SMARTS) is 1. The molecule has 1 aromatic heterocycles. The van der Waals surface area contributed by atoms with Crippen LogP contribution in [0.4, 0.5) is 8.78 Å². The largest absolute Gasteiger partial charge is 0.481 e. The molecule has 94 valence electrons. The molecular formula is C10H12F2N2O3. The van der Waals surface area contributed by atoms with E-state index in [1.807, 2.05) is 0 Å². The summed E-state index contributed by atoms with van der Waals surface area (Å²) in [5, 5.41) is 8.71. The van der Waals surface area contributed by atoms with E-state index < -0.39 is 18.1 Å². The highest BCUT2D eigenvalue weighted by molar-refractivity contribution is 5.71. The van der Waals surface area contributed by atoms with Gasteiger partial charge in [-0.1, -0.05) is 0 Å². The van der Waals surface area contributed by atoms with Crippen LogP contribution in [0, 0.1) is 0 Å². The molecule has 0 aliphatic carbocycles. The Bertz CT molecular complexity index is 399. The van der Waals surface area contributed by atoms with Crippen LogP contribution in [0.2, 0.25) is 0 Å². The molecule has 0 aliphatic rings. The summed E-state index contributed by atoms with van der Waals surface area (Å²) in [6.45, 7) is -0.0544. The molecule has 0 saturated heterocycles. The molecule has 1 heterocycles. The third-order valence-electron chi connectivity index (χ3n) is 2.16. The van der Waals surface area contributed by atoms with Crippen LogP contribution < -0.4 is 10.5 Å². The molecule has 0 atom stereocenters. The number of hydrogen-bond acceptors (Lipinski definition) is 4. The van der Waals surface area contributed by atoms with Gasteiger partial charge in [0.1, 0.15) is 5.69 Å². The molecule has 5 nitrogen and oxygen atoms in total. The van der Waals surface area contributed by atoms with Crippen LogP contribution in [0.5, 0.6) is 5.88 Å². The fraction of sp³-hybridized carbons (Fsp3) is 0.400. The van der Waals surface area contributed by atoms with Gasteiger partial charge in [-0.3, -0.25) is 4.79 Å². The average Bonchev–Trinajstić information content (AvgIpc) is 2.28. The lowest BCUT2D eigenvalue weighted by Crippen LogP contribution is -2.11. The number of rotatable bonds is 5. The number of nitrogens with zero attached hydrogens (tertiary/aromatic N) is 1. The van der Waals surface area contributed by atoms with Gasteiger partial charge in [0, 0.05) is 12.1 Å². The number of pyridine rings is 1. The molecule has 0 aromatic carbocycles. The van der Waals surface area contributed by atoms with Crippen molar-refractivity contribution >= 4 is 5.97 Å². The Morgan fingerprint density at radius 3 is 2.71 bits per heavy atom. The van der Waals surface area contributed by atoms with Crippen LogP contribution in [-0.2, 0) is 17.8 Å². The number of carboxylic acids is 1. The van der Waals surface area contributed by atoms with E-state index in [9.17, 15) is 13.6 Å². The van der Waals surface area contributed by atoms with Gasteiger partial charge < -0.3 is 15.6 Å². The molecule has 7 heteroatoms. The number of carbonyl (C=O) groups is 1. The van der Waals surface area contributed by atoms with Crippen molar-refractivity contribution in [3.8, 4) is 5.88 Å². The lowest BCUT2D eigenvalue weighted by molar-refractivity contribution is -0.136. The Morgan fingerprint density at radius 2 is 2.29 bits per heavy atom. The SMILES string of the molecule is COc1nc(C(F)F)cc(CN)c1CC(=O)O. The molecule has 0 amide bonds. The van der Waals surface area contributed by atoms with Gasteiger partial charge >= 0.3 is 5.97 Å². The minimum Gasteiger partial charge on any atom is -0.481 e. The Kier molecular flexibility index (Phi) is 4.33. The summed E-state index contributed by atoms with van der Waals surface area (Å²) in [6.07, 6.45) is -3.13. The van der Waals surface area contributed by atoms with E-state index in [1.165, 1.54) is 7.11 Å². The molecule has 0 unspecified atom stereocenters. The predicted octanol–water partition coefficient (Wildman–Crippen LogP) is 1.11. The zero-order chi connectivity index (χ0) is 13.0. The zero-order valence-electron chi connectivity index (χ0n) is 9.11. The Morgan fingerprint density at radius 1 is 1.65 bits per heavy atom. The number of nitrogens with two attached hydrogens (primary N) is 1. The van der Waals surface area contributed by atoms with Gasteiger partial charge in [0.25, 0.3) is 6.43 Å². The molecule has 1 aromatic rings. The Balaban J connectivity index is 3.30. The number of halogens is 2. The number of hydrogen-bond donors (Lipinski definition) is 2. The second kappa shape index (κ2) is 5.53. The molecule has 0 radical (unpaired) electrons. The summed E-state index contributed by atoms with van der Waals surface area (Å²) in [5.74, 6) is -1.23. The predicted molar refractivity (Wildman–Crippen MR) is 55.0 cm³/mol. The Hall–Kier alpha value is -1.76. The molecule has 17 heavy (non-hydrogen) atoms. The van der Waals surface area contributed by atoms with Gasteiger partial charge in [0.2, 0.25) is 5.88 Å². The second-order valence-corrected chi connectivity index (χ2v) is 3.27. The van der Waals surface area contributed by atoms with Crippen LogP contribution >= 0.6 is 0 Å². The molecule has 0 saturated carbocycles. The average molecular weight is 246 g/mol. The molecule has 0 aliphatic heterocycles. The van der Waals surface area contributed by atoms with Gasteiger partial charge in [0.05, 0.1) is 13.5 Å². The van der Waals surface area contributed by atoms with Gasteiger partial charge in [-0.25, -0.2) is 13.8 Å². The minimum atomic E-state index is -2.76. The first-order valence-electron chi connectivity index (χ1n) is 4.76. The summed E-state index contributed by atoms with van der Waals surface area (Å²) in [4.78, 5) is 14.2. The third-order valence-corrected chi connectivity index (χ3v) is 2.16. The first-order chi connectivity index (χ1) is 7.99. The summed E-state index contributed by atoms with van der Waals surface area (Å²) in [6, 6.07) is 1.10. The van der Waals surface area contributed by atoms with Crippen molar-refractivity contribution < 1.29 is 23.4 Å². The lowest BCUT2D eigenvalue weighted by Gasteiger charge is -2.12.